The lowest BCUT2D eigenvalue weighted by Crippen LogP contribution is -3.11. The van der Waals surface area contributed by atoms with Gasteiger partial charge in [0.25, 0.3) is 5.56 Å². The van der Waals surface area contributed by atoms with E-state index in [-0.39, 0.29) is 11.3 Å². The highest BCUT2D eigenvalue weighted by Crippen LogP contribution is 2.23. The molecule has 1 aliphatic heterocycles. The molecule has 0 aliphatic carbocycles. The van der Waals surface area contributed by atoms with Gasteiger partial charge in [-0.2, -0.15) is 0 Å². The molecule has 1 aromatic heterocycles. The van der Waals surface area contributed by atoms with Crippen molar-refractivity contribution in [3.05, 3.63) is 40.2 Å². The Balaban J connectivity index is 2.00. The van der Waals surface area contributed by atoms with Crippen LogP contribution in [0, 0.1) is 0 Å². The lowest BCUT2D eigenvalue weighted by atomic mass is 10.1. The second kappa shape index (κ2) is 5.05. The minimum absolute atomic E-state index is 0.150. The summed E-state index contributed by atoms with van der Waals surface area (Å²) in [5.41, 5.74) is 1.06. The van der Waals surface area contributed by atoms with Crippen LogP contribution in [0.4, 0.5) is 0 Å². The van der Waals surface area contributed by atoms with E-state index in [1.54, 1.807) is 0 Å². The first-order valence-corrected chi connectivity index (χ1v) is 6.92. The molecule has 3 N–H and O–H groups in total. The molecule has 0 amide bonds. The summed E-state index contributed by atoms with van der Waals surface area (Å²) in [6, 6.07) is 7.38. The third kappa shape index (κ3) is 2.36. The Kier molecular flexibility index (Phi) is 3.25. The van der Waals surface area contributed by atoms with Crippen LogP contribution in [0.3, 0.4) is 0 Å². The molecular formula is C15H19N2O2+. The number of piperidine rings is 1. The summed E-state index contributed by atoms with van der Waals surface area (Å²) in [6.07, 6.45) is 3.70. The van der Waals surface area contributed by atoms with Crippen LogP contribution >= 0.6 is 0 Å². The minimum atomic E-state index is -0.158. The molecule has 4 nitrogen and oxygen atoms in total. The predicted octanol–water partition coefficient (Wildman–Crippen LogP) is 0.802. The Morgan fingerprint density at radius 1 is 1.16 bits per heavy atom. The highest BCUT2D eigenvalue weighted by Gasteiger charge is 2.19. The minimum Gasteiger partial charge on any atom is -0.507 e. The van der Waals surface area contributed by atoms with Crippen LogP contribution in [0.2, 0.25) is 0 Å². The zero-order valence-electron chi connectivity index (χ0n) is 10.9. The van der Waals surface area contributed by atoms with Crippen molar-refractivity contribution >= 4 is 10.9 Å². The predicted molar refractivity (Wildman–Crippen MR) is 74.5 cm³/mol. The van der Waals surface area contributed by atoms with Gasteiger partial charge < -0.3 is 15.0 Å². The van der Waals surface area contributed by atoms with E-state index < -0.39 is 0 Å². The monoisotopic (exact) mass is 259 g/mol. The summed E-state index contributed by atoms with van der Waals surface area (Å²) >= 11 is 0. The van der Waals surface area contributed by atoms with Gasteiger partial charge in [0.2, 0.25) is 0 Å². The van der Waals surface area contributed by atoms with Crippen molar-refractivity contribution in [1.29, 1.82) is 0 Å². The first-order valence-electron chi connectivity index (χ1n) is 6.92. The van der Waals surface area contributed by atoms with Gasteiger partial charge in [0.1, 0.15) is 17.9 Å². The number of hydrogen-bond acceptors (Lipinski definition) is 2. The Morgan fingerprint density at radius 2 is 1.89 bits per heavy atom. The smallest absolute Gasteiger partial charge is 0.261 e. The Hall–Kier alpha value is -1.81. The van der Waals surface area contributed by atoms with Crippen molar-refractivity contribution in [1.82, 2.24) is 4.98 Å². The van der Waals surface area contributed by atoms with Gasteiger partial charge in [0.15, 0.2) is 0 Å². The molecule has 100 valence electrons. The average molecular weight is 259 g/mol. The van der Waals surface area contributed by atoms with Crippen LogP contribution < -0.4 is 10.5 Å². The second-order valence-electron chi connectivity index (χ2n) is 5.31. The number of aromatic amines is 1. The zero-order chi connectivity index (χ0) is 13.2. The van der Waals surface area contributed by atoms with Crippen molar-refractivity contribution in [2.24, 2.45) is 0 Å². The Labute approximate surface area is 111 Å². The molecule has 2 heterocycles. The zero-order valence-corrected chi connectivity index (χ0v) is 10.9. The number of likely N-dealkylation sites (tertiary alicyclic amines) is 1. The van der Waals surface area contributed by atoms with Gasteiger partial charge in [-0.1, -0.05) is 12.1 Å². The van der Waals surface area contributed by atoms with Gasteiger partial charge in [-0.3, -0.25) is 4.79 Å². The normalized spacial score (nSPS) is 16.8. The molecule has 0 saturated carbocycles. The number of nitrogens with one attached hydrogen (secondary N) is 2. The molecule has 1 fully saturated rings. The Bertz CT molecular complexity index is 642. The quantitative estimate of drug-likeness (QED) is 0.747. The number of aromatic nitrogens is 1. The number of rotatable bonds is 2. The molecule has 0 radical (unpaired) electrons. The van der Waals surface area contributed by atoms with E-state index in [0.29, 0.717) is 17.6 Å². The third-order valence-electron chi connectivity index (χ3n) is 3.98. The number of fused-ring (bicyclic) bond motifs is 1. The maximum atomic E-state index is 12.1. The highest BCUT2D eigenvalue weighted by atomic mass is 16.3. The van der Waals surface area contributed by atoms with Crippen LogP contribution in [-0.4, -0.2) is 23.2 Å². The SMILES string of the molecule is O=c1[nH]c2ccccc2c(O)c1C[NH+]1CCCCC1. The lowest BCUT2D eigenvalue weighted by molar-refractivity contribution is -0.918. The van der Waals surface area contributed by atoms with E-state index in [0.717, 1.165) is 18.5 Å². The van der Waals surface area contributed by atoms with Gasteiger partial charge in [-0.15, -0.1) is 0 Å². The fourth-order valence-corrected chi connectivity index (χ4v) is 2.91. The number of hydrogen-bond donors (Lipinski definition) is 3. The van der Waals surface area contributed by atoms with Crippen molar-refractivity contribution < 1.29 is 10.0 Å². The van der Waals surface area contributed by atoms with E-state index in [1.807, 2.05) is 24.3 Å². The number of quaternary nitrogens is 1. The average Bonchev–Trinajstić information content (AvgIpc) is 2.45. The maximum Gasteiger partial charge on any atom is 0.261 e. The lowest BCUT2D eigenvalue weighted by Gasteiger charge is -2.23. The fraction of sp³-hybridized carbons (Fsp3) is 0.400. The third-order valence-corrected chi connectivity index (χ3v) is 3.98. The first-order chi connectivity index (χ1) is 9.25. The van der Waals surface area contributed by atoms with E-state index in [4.69, 9.17) is 0 Å². The highest BCUT2D eigenvalue weighted by molar-refractivity contribution is 5.85. The van der Waals surface area contributed by atoms with Crippen LogP contribution in [0.25, 0.3) is 10.9 Å². The van der Waals surface area contributed by atoms with Crippen molar-refractivity contribution in [3.63, 3.8) is 0 Å². The molecule has 0 atom stereocenters. The summed E-state index contributed by atoms with van der Waals surface area (Å²) in [6.45, 7) is 2.80. The number of benzene rings is 1. The molecule has 0 bridgehead atoms. The van der Waals surface area contributed by atoms with Gasteiger partial charge in [0, 0.05) is 5.39 Å². The molecule has 0 unspecified atom stereocenters. The van der Waals surface area contributed by atoms with Crippen LogP contribution in [0.5, 0.6) is 5.75 Å². The summed E-state index contributed by atoms with van der Waals surface area (Å²) in [5.74, 6) is 0.150. The molecule has 0 spiro atoms. The number of para-hydroxylation sites is 1. The molecule has 4 heteroatoms. The van der Waals surface area contributed by atoms with Gasteiger partial charge >= 0.3 is 0 Å². The van der Waals surface area contributed by atoms with Crippen molar-refractivity contribution in [2.45, 2.75) is 25.8 Å². The summed E-state index contributed by atoms with van der Waals surface area (Å²) in [7, 11) is 0. The van der Waals surface area contributed by atoms with E-state index in [9.17, 15) is 9.90 Å². The van der Waals surface area contributed by atoms with Crippen LogP contribution in [0.15, 0.2) is 29.1 Å². The van der Waals surface area contributed by atoms with Gasteiger partial charge in [0.05, 0.1) is 18.6 Å². The molecule has 1 aromatic carbocycles. The number of pyridine rings is 1. The summed E-state index contributed by atoms with van der Waals surface area (Å²) in [4.78, 5) is 16.3. The number of H-pyrrole nitrogens is 1. The summed E-state index contributed by atoms with van der Waals surface area (Å²) < 4.78 is 0. The topological polar surface area (TPSA) is 57.5 Å². The Morgan fingerprint density at radius 3 is 2.68 bits per heavy atom. The van der Waals surface area contributed by atoms with E-state index >= 15 is 0 Å². The summed E-state index contributed by atoms with van der Waals surface area (Å²) in [5, 5.41) is 11.1. The van der Waals surface area contributed by atoms with E-state index in [2.05, 4.69) is 4.98 Å². The second-order valence-corrected chi connectivity index (χ2v) is 5.31. The van der Waals surface area contributed by atoms with Crippen LogP contribution in [0.1, 0.15) is 24.8 Å². The fourth-order valence-electron chi connectivity index (χ4n) is 2.91. The standard InChI is InChI=1S/C15H18N2O2/c18-14-11-6-2-3-7-13(11)16-15(19)12(14)10-17-8-4-1-5-9-17/h2-3,6-7H,1,4-5,8-10H2,(H2,16,18,19)/p+1. The van der Waals surface area contributed by atoms with Crippen molar-refractivity contribution in [2.75, 3.05) is 13.1 Å². The molecule has 1 aliphatic rings. The first kappa shape index (κ1) is 12.2. The van der Waals surface area contributed by atoms with Crippen LogP contribution in [-0.2, 0) is 6.54 Å². The van der Waals surface area contributed by atoms with Gasteiger partial charge in [-0.05, 0) is 31.4 Å². The van der Waals surface area contributed by atoms with Crippen molar-refractivity contribution in [3.8, 4) is 5.75 Å². The largest absolute Gasteiger partial charge is 0.507 e. The van der Waals surface area contributed by atoms with Gasteiger partial charge in [-0.25, -0.2) is 0 Å². The number of aromatic hydroxyl groups is 1. The molecule has 2 aromatic rings. The molecule has 19 heavy (non-hydrogen) atoms. The van der Waals surface area contributed by atoms with E-state index in [1.165, 1.54) is 24.2 Å². The molecular weight excluding hydrogens is 240 g/mol. The molecule has 1 saturated heterocycles. The molecule has 3 rings (SSSR count). The maximum absolute atomic E-state index is 12.1.